The Kier molecular flexibility index (Phi) is 9.95. The lowest BCUT2D eigenvalue weighted by Crippen LogP contribution is -2.44. The second-order valence-corrected chi connectivity index (χ2v) is 8.28. The van der Waals surface area contributed by atoms with E-state index in [4.69, 9.17) is 0 Å². The number of hydrogen-bond acceptors (Lipinski definition) is 4. The van der Waals surface area contributed by atoms with E-state index in [-0.39, 0.29) is 29.9 Å². The SMILES string of the molecule is CCNC(=NCc1ccc(C(=O)N2CCCCC2)cc1)NCC(C)(O)c1cnn(C)c1.I. The van der Waals surface area contributed by atoms with E-state index >= 15 is 0 Å². The number of amides is 1. The van der Waals surface area contributed by atoms with Crippen molar-refractivity contribution in [3.05, 3.63) is 53.3 Å². The quantitative estimate of drug-likeness (QED) is 0.278. The van der Waals surface area contributed by atoms with Crippen molar-refractivity contribution in [3.8, 4) is 0 Å². The lowest BCUT2D eigenvalue weighted by molar-refractivity contribution is 0.0616. The summed E-state index contributed by atoms with van der Waals surface area (Å²) in [5, 5.41) is 21.3. The average molecular weight is 554 g/mol. The Morgan fingerprint density at radius 3 is 2.47 bits per heavy atom. The van der Waals surface area contributed by atoms with Gasteiger partial charge in [-0.3, -0.25) is 9.48 Å². The number of carbonyl (C=O) groups excluding carboxylic acids is 1. The third-order valence-electron chi connectivity index (χ3n) is 5.53. The third-order valence-corrected chi connectivity index (χ3v) is 5.53. The van der Waals surface area contributed by atoms with Gasteiger partial charge in [-0.05, 0) is 50.8 Å². The molecule has 0 spiro atoms. The monoisotopic (exact) mass is 554 g/mol. The molecule has 1 aromatic carbocycles. The standard InChI is InChI=1S/C23H34N6O2.HI/c1-4-24-22(26-17-23(2,31)20-15-27-28(3)16-20)25-14-18-8-10-19(11-9-18)21(30)29-12-6-5-7-13-29;/h8-11,15-16,31H,4-7,12-14,17H2,1-3H3,(H2,24,25,26);1H. The van der Waals surface area contributed by atoms with Gasteiger partial charge < -0.3 is 20.6 Å². The molecule has 0 bridgehead atoms. The maximum Gasteiger partial charge on any atom is 0.253 e. The van der Waals surface area contributed by atoms with Crippen LogP contribution in [0.25, 0.3) is 0 Å². The minimum Gasteiger partial charge on any atom is -0.383 e. The second-order valence-electron chi connectivity index (χ2n) is 8.28. The Morgan fingerprint density at radius 1 is 1.19 bits per heavy atom. The molecule has 1 atom stereocenters. The summed E-state index contributed by atoms with van der Waals surface area (Å²) in [6, 6.07) is 7.68. The van der Waals surface area contributed by atoms with Gasteiger partial charge in [0.25, 0.3) is 5.91 Å². The summed E-state index contributed by atoms with van der Waals surface area (Å²) >= 11 is 0. The van der Waals surface area contributed by atoms with E-state index in [2.05, 4.69) is 20.7 Å². The number of halogens is 1. The fourth-order valence-electron chi connectivity index (χ4n) is 3.60. The first kappa shape index (κ1) is 26.1. The second kappa shape index (κ2) is 12.2. The van der Waals surface area contributed by atoms with Gasteiger partial charge in [-0.1, -0.05) is 12.1 Å². The molecule has 8 nitrogen and oxygen atoms in total. The number of aromatic nitrogens is 2. The van der Waals surface area contributed by atoms with Crippen molar-refractivity contribution in [2.24, 2.45) is 12.0 Å². The zero-order valence-electron chi connectivity index (χ0n) is 19.2. The van der Waals surface area contributed by atoms with Crippen molar-refractivity contribution in [2.45, 2.75) is 45.3 Å². The van der Waals surface area contributed by atoms with E-state index < -0.39 is 5.60 Å². The molecular weight excluding hydrogens is 519 g/mol. The van der Waals surface area contributed by atoms with Crippen LogP contribution in [-0.2, 0) is 19.2 Å². The molecule has 1 aromatic heterocycles. The number of nitrogens with zero attached hydrogens (tertiary/aromatic N) is 4. The summed E-state index contributed by atoms with van der Waals surface area (Å²) in [7, 11) is 1.82. The number of carbonyl (C=O) groups is 1. The molecule has 0 radical (unpaired) electrons. The van der Waals surface area contributed by atoms with E-state index in [0.717, 1.165) is 42.6 Å². The van der Waals surface area contributed by atoms with Crippen LogP contribution in [0.5, 0.6) is 0 Å². The Hall–Kier alpha value is -2.14. The summed E-state index contributed by atoms with van der Waals surface area (Å²) in [6.07, 6.45) is 6.86. The van der Waals surface area contributed by atoms with Crippen LogP contribution >= 0.6 is 24.0 Å². The maximum atomic E-state index is 12.6. The number of guanidine groups is 1. The molecular formula is C23H35IN6O2. The molecule has 1 fully saturated rings. The van der Waals surface area contributed by atoms with Gasteiger partial charge in [0.15, 0.2) is 5.96 Å². The minimum absolute atomic E-state index is 0. The lowest BCUT2D eigenvalue weighted by atomic mass is 10.00. The third kappa shape index (κ3) is 7.19. The number of benzene rings is 1. The smallest absolute Gasteiger partial charge is 0.253 e. The number of piperidine rings is 1. The Labute approximate surface area is 207 Å². The fourth-order valence-corrected chi connectivity index (χ4v) is 3.60. The average Bonchev–Trinajstić information content (AvgIpc) is 3.23. The molecule has 1 aliphatic rings. The summed E-state index contributed by atoms with van der Waals surface area (Å²) in [6.45, 7) is 6.94. The van der Waals surface area contributed by atoms with Crippen LogP contribution in [0.15, 0.2) is 41.7 Å². The van der Waals surface area contributed by atoms with Gasteiger partial charge in [-0.25, -0.2) is 4.99 Å². The van der Waals surface area contributed by atoms with Gasteiger partial charge in [0.2, 0.25) is 0 Å². The van der Waals surface area contributed by atoms with E-state index in [9.17, 15) is 9.90 Å². The Bertz CT molecular complexity index is 888. The Morgan fingerprint density at radius 2 is 1.88 bits per heavy atom. The summed E-state index contributed by atoms with van der Waals surface area (Å²) < 4.78 is 1.67. The predicted octanol–water partition coefficient (Wildman–Crippen LogP) is 2.63. The first-order valence-electron chi connectivity index (χ1n) is 11.0. The van der Waals surface area contributed by atoms with Gasteiger partial charge in [0.05, 0.1) is 19.3 Å². The van der Waals surface area contributed by atoms with Crippen molar-refractivity contribution in [1.82, 2.24) is 25.3 Å². The molecule has 1 aliphatic heterocycles. The van der Waals surface area contributed by atoms with Crippen LogP contribution in [-0.4, -0.2) is 57.8 Å². The molecule has 2 aromatic rings. The molecule has 3 rings (SSSR count). The number of rotatable bonds is 7. The van der Waals surface area contributed by atoms with Crippen LogP contribution in [0.2, 0.25) is 0 Å². The zero-order valence-corrected chi connectivity index (χ0v) is 21.5. The van der Waals surface area contributed by atoms with E-state index in [0.29, 0.717) is 25.6 Å². The van der Waals surface area contributed by atoms with Gasteiger partial charge in [-0.2, -0.15) is 5.10 Å². The number of aryl methyl sites for hydroxylation is 1. The van der Waals surface area contributed by atoms with Crippen LogP contribution in [0.4, 0.5) is 0 Å². The highest BCUT2D eigenvalue weighted by molar-refractivity contribution is 14.0. The molecule has 1 saturated heterocycles. The van der Waals surface area contributed by atoms with E-state index in [1.54, 1.807) is 24.0 Å². The first-order chi connectivity index (χ1) is 14.9. The van der Waals surface area contributed by atoms with Gasteiger partial charge in [0, 0.05) is 44.0 Å². The molecule has 0 saturated carbocycles. The first-order valence-corrected chi connectivity index (χ1v) is 11.0. The lowest BCUT2D eigenvalue weighted by Gasteiger charge is -2.26. The highest BCUT2D eigenvalue weighted by atomic mass is 127. The summed E-state index contributed by atoms with van der Waals surface area (Å²) in [5.41, 5.74) is 1.42. The predicted molar refractivity (Wildman–Crippen MR) is 137 cm³/mol. The number of likely N-dealkylation sites (tertiary alicyclic amines) is 1. The van der Waals surface area contributed by atoms with Crippen molar-refractivity contribution in [3.63, 3.8) is 0 Å². The summed E-state index contributed by atoms with van der Waals surface area (Å²) in [5.74, 6) is 0.738. The zero-order chi connectivity index (χ0) is 22.3. The molecule has 1 amide bonds. The van der Waals surface area contributed by atoms with Gasteiger partial charge in [-0.15, -0.1) is 24.0 Å². The fraction of sp³-hybridized carbons (Fsp3) is 0.522. The molecule has 3 N–H and O–H groups in total. The van der Waals surface area contributed by atoms with Crippen LogP contribution in [0, 0.1) is 0 Å². The van der Waals surface area contributed by atoms with Gasteiger partial charge >= 0.3 is 0 Å². The number of nitrogens with one attached hydrogen (secondary N) is 2. The molecule has 2 heterocycles. The molecule has 9 heteroatoms. The minimum atomic E-state index is -1.07. The normalized spacial score (nSPS) is 16.1. The van der Waals surface area contributed by atoms with E-state index in [1.807, 2.05) is 43.1 Å². The topological polar surface area (TPSA) is 94.8 Å². The van der Waals surface area contributed by atoms with Crippen LogP contribution in [0.3, 0.4) is 0 Å². The highest BCUT2D eigenvalue weighted by Crippen LogP contribution is 2.18. The molecule has 176 valence electrons. The van der Waals surface area contributed by atoms with Crippen molar-refractivity contribution >= 4 is 35.8 Å². The highest BCUT2D eigenvalue weighted by Gasteiger charge is 2.25. The van der Waals surface area contributed by atoms with Crippen LogP contribution in [0.1, 0.15) is 54.6 Å². The largest absolute Gasteiger partial charge is 0.383 e. The summed E-state index contributed by atoms with van der Waals surface area (Å²) in [4.78, 5) is 19.2. The molecule has 32 heavy (non-hydrogen) atoms. The van der Waals surface area contributed by atoms with Crippen molar-refractivity contribution in [1.29, 1.82) is 0 Å². The van der Waals surface area contributed by atoms with E-state index in [1.165, 1.54) is 6.42 Å². The van der Waals surface area contributed by atoms with Gasteiger partial charge in [0.1, 0.15) is 5.60 Å². The van der Waals surface area contributed by atoms with Crippen LogP contribution < -0.4 is 10.6 Å². The Balaban J connectivity index is 0.00000363. The molecule has 1 unspecified atom stereocenters. The number of aliphatic imine (C=N–C) groups is 1. The number of aliphatic hydroxyl groups is 1. The van der Waals surface area contributed by atoms with Crippen molar-refractivity contribution < 1.29 is 9.90 Å². The van der Waals surface area contributed by atoms with Crippen molar-refractivity contribution in [2.75, 3.05) is 26.2 Å². The molecule has 0 aliphatic carbocycles. The number of hydrogen-bond donors (Lipinski definition) is 3. The maximum absolute atomic E-state index is 12.6.